The number of hydrogen-bond acceptors (Lipinski definition) is 4. The van der Waals surface area contributed by atoms with E-state index in [9.17, 15) is 0 Å². The van der Waals surface area contributed by atoms with Gasteiger partial charge in [0.25, 0.3) is 0 Å². The van der Waals surface area contributed by atoms with E-state index in [0.29, 0.717) is 19.8 Å². The van der Waals surface area contributed by atoms with Crippen molar-refractivity contribution in [2.24, 2.45) is 5.41 Å². The predicted molar refractivity (Wildman–Crippen MR) is 57.4 cm³/mol. The molecular formula is C11H20N2O2. The zero-order chi connectivity index (χ0) is 11.1. The Morgan fingerprint density at radius 3 is 2.87 bits per heavy atom. The second-order valence-corrected chi connectivity index (χ2v) is 4.52. The fourth-order valence-corrected chi connectivity index (χ4v) is 1.37. The molecule has 0 saturated carbocycles. The minimum atomic E-state index is -0.239. The SMILES string of the molecule is CC(C)(C#N)CCNCC1COCCO1. The fourth-order valence-electron chi connectivity index (χ4n) is 1.37. The lowest BCUT2D eigenvalue weighted by Gasteiger charge is -2.23. The van der Waals surface area contributed by atoms with Gasteiger partial charge in [-0.25, -0.2) is 0 Å². The second-order valence-electron chi connectivity index (χ2n) is 4.52. The lowest BCUT2D eigenvalue weighted by molar-refractivity contribution is -0.0863. The number of ether oxygens (including phenoxy) is 2. The van der Waals surface area contributed by atoms with Gasteiger partial charge in [0, 0.05) is 6.54 Å². The first-order valence-electron chi connectivity index (χ1n) is 5.45. The summed E-state index contributed by atoms with van der Waals surface area (Å²) in [6, 6.07) is 2.28. The van der Waals surface area contributed by atoms with E-state index in [4.69, 9.17) is 14.7 Å². The van der Waals surface area contributed by atoms with E-state index >= 15 is 0 Å². The molecule has 86 valence electrons. The van der Waals surface area contributed by atoms with E-state index in [1.54, 1.807) is 0 Å². The van der Waals surface area contributed by atoms with Crippen molar-refractivity contribution >= 4 is 0 Å². The maximum Gasteiger partial charge on any atom is 0.0933 e. The molecule has 0 amide bonds. The van der Waals surface area contributed by atoms with Crippen LogP contribution < -0.4 is 5.32 Å². The highest BCUT2D eigenvalue weighted by Gasteiger charge is 2.17. The zero-order valence-electron chi connectivity index (χ0n) is 9.58. The highest BCUT2D eigenvalue weighted by atomic mass is 16.6. The van der Waals surface area contributed by atoms with Crippen molar-refractivity contribution in [3.63, 3.8) is 0 Å². The van der Waals surface area contributed by atoms with E-state index in [0.717, 1.165) is 19.5 Å². The monoisotopic (exact) mass is 212 g/mol. The van der Waals surface area contributed by atoms with Crippen molar-refractivity contribution < 1.29 is 9.47 Å². The maximum atomic E-state index is 8.82. The van der Waals surface area contributed by atoms with Gasteiger partial charge >= 0.3 is 0 Å². The summed E-state index contributed by atoms with van der Waals surface area (Å²) in [4.78, 5) is 0. The molecule has 0 spiro atoms. The first kappa shape index (κ1) is 12.4. The standard InChI is InChI=1S/C11H20N2O2/c1-11(2,9-12)3-4-13-7-10-8-14-5-6-15-10/h10,13H,3-8H2,1-2H3. The van der Waals surface area contributed by atoms with Gasteiger partial charge in [-0.3, -0.25) is 0 Å². The van der Waals surface area contributed by atoms with Crippen LogP contribution in [0.2, 0.25) is 0 Å². The first-order valence-corrected chi connectivity index (χ1v) is 5.45. The van der Waals surface area contributed by atoms with Crippen LogP contribution in [0, 0.1) is 16.7 Å². The smallest absolute Gasteiger partial charge is 0.0933 e. The molecule has 0 aromatic rings. The molecule has 1 N–H and O–H groups in total. The molecule has 1 saturated heterocycles. The van der Waals surface area contributed by atoms with Gasteiger partial charge in [0.2, 0.25) is 0 Å². The van der Waals surface area contributed by atoms with E-state index in [1.165, 1.54) is 0 Å². The van der Waals surface area contributed by atoms with Gasteiger partial charge in [-0.1, -0.05) is 0 Å². The largest absolute Gasteiger partial charge is 0.376 e. The average molecular weight is 212 g/mol. The van der Waals surface area contributed by atoms with Crippen LogP contribution in [0.4, 0.5) is 0 Å². The highest BCUT2D eigenvalue weighted by molar-refractivity contribution is 4.91. The van der Waals surface area contributed by atoms with Gasteiger partial charge in [-0.2, -0.15) is 5.26 Å². The Morgan fingerprint density at radius 1 is 1.47 bits per heavy atom. The van der Waals surface area contributed by atoms with E-state index in [-0.39, 0.29) is 11.5 Å². The summed E-state index contributed by atoms with van der Waals surface area (Å²) in [6.45, 7) is 7.63. The zero-order valence-corrected chi connectivity index (χ0v) is 9.58. The van der Waals surface area contributed by atoms with Crippen molar-refractivity contribution in [2.75, 3.05) is 32.9 Å². The molecule has 1 heterocycles. The van der Waals surface area contributed by atoms with Gasteiger partial charge in [-0.15, -0.1) is 0 Å². The van der Waals surface area contributed by atoms with Crippen molar-refractivity contribution in [1.29, 1.82) is 5.26 Å². The molecule has 1 atom stereocenters. The van der Waals surface area contributed by atoms with Crippen LogP contribution in [0.25, 0.3) is 0 Å². The molecule has 0 aromatic carbocycles. The van der Waals surface area contributed by atoms with Crippen LogP contribution in [-0.4, -0.2) is 39.0 Å². The molecule has 1 aliphatic rings. The minimum absolute atomic E-state index is 0.170. The second kappa shape index (κ2) is 6.06. The normalized spacial score (nSPS) is 22.3. The predicted octanol–water partition coefficient (Wildman–Crippen LogP) is 0.931. The molecule has 0 aromatic heterocycles. The summed E-state index contributed by atoms with van der Waals surface area (Å²) < 4.78 is 10.8. The van der Waals surface area contributed by atoms with Crippen LogP contribution in [0.1, 0.15) is 20.3 Å². The number of hydrogen-bond donors (Lipinski definition) is 1. The quantitative estimate of drug-likeness (QED) is 0.689. The number of nitrogens with zero attached hydrogens (tertiary/aromatic N) is 1. The van der Waals surface area contributed by atoms with Crippen molar-refractivity contribution in [2.45, 2.75) is 26.4 Å². The summed E-state index contributed by atoms with van der Waals surface area (Å²) in [5, 5.41) is 12.1. The molecule has 4 heteroatoms. The van der Waals surface area contributed by atoms with Crippen LogP contribution in [-0.2, 0) is 9.47 Å². The van der Waals surface area contributed by atoms with Gasteiger partial charge in [0.05, 0.1) is 37.4 Å². The Morgan fingerprint density at radius 2 is 2.27 bits per heavy atom. The Bertz CT molecular complexity index is 217. The molecule has 1 unspecified atom stereocenters. The Labute approximate surface area is 91.6 Å². The van der Waals surface area contributed by atoms with Gasteiger partial charge in [-0.05, 0) is 26.8 Å². The number of nitrogens with one attached hydrogen (secondary N) is 1. The van der Waals surface area contributed by atoms with Crippen LogP contribution in [0.5, 0.6) is 0 Å². The van der Waals surface area contributed by atoms with Crippen molar-refractivity contribution in [3.05, 3.63) is 0 Å². The molecule has 1 rings (SSSR count). The van der Waals surface area contributed by atoms with Crippen LogP contribution in [0.3, 0.4) is 0 Å². The highest BCUT2D eigenvalue weighted by Crippen LogP contribution is 2.17. The molecule has 0 bridgehead atoms. The summed E-state index contributed by atoms with van der Waals surface area (Å²) in [7, 11) is 0. The lowest BCUT2D eigenvalue weighted by atomic mass is 9.91. The third kappa shape index (κ3) is 5.12. The van der Waals surface area contributed by atoms with E-state index < -0.39 is 0 Å². The van der Waals surface area contributed by atoms with Gasteiger partial charge in [0.15, 0.2) is 0 Å². The Kier molecular flexibility index (Phi) is 5.03. The first-order chi connectivity index (χ1) is 7.14. The fraction of sp³-hybridized carbons (Fsp3) is 0.909. The molecule has 4 nitrogen and oxygen atoms in total. The summed E-state index contributed by atoms with van der Waals surface area (Å²) in [5.41, 5.74) is -0.239. The van der Waals surface area contributed by atoms with E-state index in [2.05, 4.69) is 11.4 Å². The molecule has 0 aliphatic carbocycles. The third-order valence-electron chi connectivity index (χ3n) is 2.49. The summed E-state index contributed by atoms with van der Waals surface area (Å²) >= 11 is 0. The van der Waals surface area contributed by atoms with E-state index in [1.807, 2.05) is 13.8 Å². The molecule has 15 heavy (non-hydrogen) atoms. The maximum absolute atomic E-state index is 8.82. The molecule has 1 fully saturated rings. The molecule has 1 aliphatic heterocycles. The number of nitriles is 1. The lowest BCUT2D eigenvalue weighted by Crippen LogP contribution is -2.38. The summed E-state index contributed by atoms with van der Waals surface area (Å²) in [5.74, 6) is 0. The Balaban J connectivity index is 2.04. The molecule has 0 radical (unpaired) electrons. The van der Waals surface area contributed by atoms with Crippen LogP contribution >= 0.6 is 0 Å². The van der Waals surface area contributed by atoms with Gasteiger partial charge in [0.1, 0.15) is 0 Å². The molecular weight excluding hydrogens is 192 g/mol. The van der Waals surface area contributed by atoms with Crippen molar-refractivity contribution in [3.8, 4) is 6.07 Å². The van der Waals surface area contributed by atoms with Gasteiger partial charge < -0.3 is 14.8 Å². The van der Waals surface area contributed by atoms with Crippen LogP contribution in [0.15, 0.2) is 0 Å². The number of rotatable bonds is 5. The minimum Gasteiger partial charge on any atom is -0.376 e. The van der Waals surface area contributed by atoms with Crippen molar-refractivity contribution in [1.82, 2.24) is 5.32 Å². The average Bonchev–Trinajstić information content (AvgIpc) is 2.26. The summed E-state index contributed by atoms with van der Waals surface area (Å²) in [6.07, 6.45) is 1.03. The topological polar surface area (TPSA) is 54.3 Å². The third-order valence-corrected chi connectivity index (χ3v) is 2.49. The Hall–Kier alpha value is -0.630.